The van der Waals surface area contributed by atoms with Gasteiger partial charge in [-0.05, 0) is 24.6 Å². The van der Waals surface area contributed by atoms with E-state index >= 15 is 0 Å². The van der Waals surface area contributed by atoms with Gasteiger partial charge in [-0.3, -0.25) is 4.79 Å². The van der Waals surface area contributed by atoms with Crippen molar-refractivity contribution in [2.24, 2.45) is 11.8 Å². The fraction of sp³-hybridized carbons (Fsp3) is 0.500. The van der Waals surface area contributed by atoms with E-state index in [1.54, 1.807) is 7.11 Å². The van der Waals surface area contributed by atoms with E-state index < -0.39 is 0 Å². The number of carbonyl (C=O) groups is 1. The van der Waals surface area contributed by atoms with Crippen LogP contribution in [0.4, 0.5) is 0 Å². The number of carbonyl (C=O) groups excluding carboxylic acids is 1. The van der Waals surface area contributed by atoms with Crippen LogP contribution >= 0.6 is 11.6 Å². The maximum atomic E-state index is 12.1. The van der Waals surface area contributed by atoms with Crippen LogP contribution in [-0.2, 0) is 11.3 Å². The summed E-state index contributed by atoms with van der Waals surface area (Å²) in [5.74, 6) is 1.42. The van der Waals surface area contributed by atoms with E-state index in [0.29, 0.717) is 12.5 Å². The van der Waals surface area contributed by atoms with Crippen molar-refractivity contribution in [2.75, 3.05) is 13.7 Å². The molecule has 0 radical (unpaired) electrons. The van der Waals surface area contributed by atoms with Crippen LogP contribution in [0.25, 0.3) is 0 Å². The van der Waals surface area contributed by atoms with E-state index in [9.17, 15) is 4.79 Å². The van der Waals surface area contributed by atoms with Crippen molar-refractivity contribution in [3.05, 3.63) is 29.8 Å². The average molecular weight is 266 g/mol. The molecule has 2 aliphatic rings. The molecule has 3 rings (SSSR count). The van der Waals surface area contributed by atoms with E-state index in [-0.39, 0.29) is 16.7 Å². The maximum absolute atomic E-state index is 12.1. The molecule has 1 saturated carbocycles. The Labute approximate surface area is 112 Å². The largest absolute Gasteiger partial charge is 0.497 e. The van der Waals surface area contributed by atoms with Crippen LogP contribution in [0.15, 0.2) is 24.3 Å². The van der Waals surface area contributed by atoms with E-state index in [1.165, 1.54) is 0 Å². The van der Waals surface area contributed by atoms with E-state index in [1.807, 2.05) is 36.1 Å². The molecule has 3 atom stereocenters. The third kappa shape index (κ3) is 1.69. The standard InChI is InChI=1S/C14H16ClNO2/c1-14(15)11-8-16(13(17)12(11)14)7-9-3-5-10(18-2)6-4-9/h3-6,11-12H,7-8H2,1-2H3. The molecule has 96 valence electrons. The minimum absolute atomic E-state index is 0.0393. The highest BCUT2D eigenvalue weighted by atomic mass is 35.5. The number of amides is 1. The van der Waals surface area contributed by atoms with Gasteiger partial charge in [0.05, 0.1) is 17.9 Å². The molecule has 0 N–H and O–H groups in total. The van der Waals surface area contributed by atoms with Gasteiger partial charge in [-0.1, -0.05) is 12.1 Å². The molecule has 1 aliphatic carbocycles. The Morgan fingerprint density at radius 2 is 2.11 bits per heavy atom. The van der Waals surface area contributed by atoms with Crippen LogP contribution in [0.5, 0.6) is 5.75 Å². The Hall–Kier alpha value is -1.22. The molecule has 1 aromatic carbocycles. The normalized spacial score (nSPS) is 33.5. The van der Waals surface area contributed by atoms with Crippen LogP contribution in [0, 0.1) is 11.8 Å². The van der Waals surface area contributed by atoms with Crippen molar-refractivity contribution in [3.8, 4) is 5.75 Å². The molecule has 0 aromatic heterocycles. The molecule has 1 heterocycles. The van der Waals surface area contributed by atoms with E-state index in [0.717, 1.165) is 17.9 Å². The van der Waals surface area contributed by atoms with Crippen LogP contribution in [0.3, 0.4) is 0 Å². The predicted molar refractivity (Wildman–Crippen MR) is 69.6 cm³/mol. The summed E-state index contributed by atoms with van der Waals surface area (Å²) in [5.41, 5.74) is 1.13. The summed E-state index contributed by atoms with van der Waals surface area (Å²) in [5, 5.41) is 0. The lowest BCUT2D eigenvalue weighted by Crippen LogP contribution is -2.32. The summed E-state index contributed by atoms with van der Waals surface area (Å²) in [7, 11) is 1.65. The molecule has 1 saturated heterocycles. The number of rotatable bonds is 3. The van der Waals surface area contributed by atoms with Crippen LogP contribution in [0.2, 0.25) is 0 Å². The third-order valence-electron chi connectivity index (χ3n) is 4.15. The highest BCUT2D eigenvalue weighted by Gasteiger charge is 2.69. The Kier molecular flexibility index (Phi) is 2.56. The van der Waals surface area contributed by atoms with E-state index in [4.69, 9.17) is 16.3 Å². The molecule has 18 heavy (non-hydrogen) atoms. The fourth-order valence-electron chi connectivity index (χ4n) is 2.88. The summed E-state index contributed by atoms with van der Waals surface area (Å²) in [6, 6.07) is 7.83. The van der Waals surface area contributed by atoms with Gasteiger partial charge in [0.2, 0.25) is 5.91 Å². The number of benzene rings is 1. The Morgan fingerprint density at radius 1 is 1.44 bits per heavy atom. The van der Waals surface area contributed by atoms with Crippen LogP contribution < -0.4 is 4.74 Å². The quantitative estimate of drug-likeness (QED) is 0.785. The van der Waals surface area contributed by atoms with Gasteiger partial charge in [0, 0.05) is 19.0 Å². The first kappa shape index (κ1) is 11.8. The molecule has 4 heteroatoms. The molecule has 3 nitrogen and oxygen atoms in total. The number of hydrogen-bond donors (Lipinski definition) is 0. The number of nitrogens with zero attached hydrogens (tertiary/aromatic N) is 1. The number of ether oxygens (including phenoxy) is 1. The lowest BCUT2D eigenvalue weighted by molar-refractivity contribution is -0.130. The Balaban J connectivity index is 1.66. The smallest absolute Gasteiger partial charge is 0.228 e. The number of alkyl halides is 1. The van der Waals surface area contributed by atoms with Crippen LogP contribution in [0.1, 0.15) is 12.5 Å². The molecule has 1 aliphatic heterocycles. The van der Waals surface area contributed by atoms with Gasteiger partial charge < -0.3 is 9.64 Å². The van der Waals surface area contributed by atoms with Crippen molar-refractivity contribution >= 4 is 17.5 Å². The first-order valence-electron chi connectivity index (χ1n) is 6.14. The number of piperidine rings is 1. The second-order valence-corrected chi connectivity index (χ2v) is 6.12. The number of hydrogen-bond acceptors (Lipinski definition) is 2. The first-order chi connectivity index (χ1) is 8.54. The van der Waals surface area contributed by atoms with Gasteiger partial charge in [-0.25, -0.2) is 0 Å². The Morgan fingerprint density at radius 3 is 2.61 bits per heavy atom. The van der Waals surface area contributed by atoms with Crippen molar-refractivity contribution in [1.82, 2.24) is 4.90 Å². The average Bonchev–Trinajstić information content (AvgIpc) is 2.71. The van der Waals surface area contributed by atoms with Gasteiger partial charge >= 0.3 is 0 Å². The first-order valence-corrected chi connectivity index (χ1v) is 6.52. The zero-order chi connectivity index (χ0) is 12.9. The highest BCUT2D eigenvalue weighted by molar-refractivity contribution is 6.29. The van der Waals surface area contributed by atoms with Crippen molar-refractivity contribution in [3.63, 3.8) is 0 Å². The monoisotopic (exact) mass is 265 g/mol. The maximum Gasteiger partial charge on any atom is 0.228 e. The second kappa shape index (κ2) is 3.89. The summed E-state index contributed by atoms with van der Waals surface area (Å²) in [6.07, 6.45) is 0. The van der Waals surface area contributed by atoms with Crippen molar-refractivity contribution < 1.29 is 9.53 Å². The lowest BCUT2D eigenvalue weighted by atomic mass is 10.2. The summed E-state index contributed by atoms with van der Waals surface area (Å²) >= 11 is 6.25. The molecule has 1 aromatic rings. The van der Waals surface area contributed by atoms with E-state index in [2.05, 4.69) is 0 Å². The SMILES string of the molecule is COc1ccc(CN2CC3C(C2=O)C3(C)Cl)cc1. The second-order valence-electron chi connectivity index (χ2n) is 5.30. The number of likely N-dealkylation sites (tertiary alicyclic amines) is 1. The van der Waals surface area contributed by atoms with Crippen LogP contribution in [-0.4, -0.2) is 29.3 Å². The molecule has 0 spiro atoms. The van der Waals surface area contributed by atoms with Gasteiger partial charge in [-0.2, -0.15) is 0 Å². The summed E-state index contributed by atoms with van der Waals surface area (Å²) < 4.78 is 5.11. The van der Waals surface area contributed by atoms with Gasteiger partial charge in [0.1, 0.15) is 5.75 Å². The molecular formula is C14H16ClNO2. The molecule has 1 amide bonds. The number of fused-ring (bicyclic) bond motifs is 1. The zero-order valence-corrected chi connectivity index (χ0v) is 11.3. The van der Waals surface area contributed by atoms with Crippen molar-refractivity contribution in [1.29, 1.82) is 0 Å². The predicted octanol–water partition coefficient (Wildman–Crippen LogP) is 2.28. The van der Waals surface area contributed by atoms with Gasteiger partial charge in [0.25, 0.3) is 0 Å². The minimum Gasteiger partial charge on any atom is -0.497 e. The van der Waals surface area contributed by atoms with Gasteiger partial charge in [-0.15, -0.1) is 11.6 Å². The zero-order valence-electron chi connectivity index (χ0n) is 10.5. The number of halogens is 1. The minimum atomic E-state index is -0.284. The third-order valence-corrected chi connectivity index (χ3v) is 4.67. The molecule has 3 unspecified atom stereocenters. The highest BCUT2D eigenvalue weighted by Crippen LogP contribution is 2.60. The summed E-state index contributed by atoms with van der Waals surface area (Å²) in [4.78, 5) is 13.7. The molecule has 0 bridgehead atoms. The number of methoxy groups -OCH3 is 1. The Bertz CT molecular complexity index is 483. The fourth-order valence-corrected chi connectivity index (χ4v) is 3.26. The molecule has 2 fully saturated rings. The summed E-state index contributed by atoms with van der Waals surface area (Å²) in [6.45, 7) is 3.42. The molecular weight excluding hydrogens is 250 g/mol. The van der Waals surface area contributed by atoms with Crippen molar-refractivity contribution in [2.45, 2.75) is 18.3 Å². The topological polar surface area (TPSA) is 29.5 Å². The lowest BCUT2D eigenvalue weighted by Gasteiger charge is -2.21. The van der Waals surface area contributed by atoms with Gasteiger partial charge in [0.15, 0.2) is 0 Å².